The molecule has 0 spiro atoms. The molecule has 0 radical (unpaired) electrons. The molecule has 122 valence electrons. The Labute approximate surface area is 133 Å². The summed E-state index contributed by atoms with van der Waals surface area (Å²) in [5.74, 6) is -0.803. The number of rotatable bonds is 5. The van der Waals surface area contributed by atoms with Gasteiger partial charge in [-0.3, -0.25) is 9.48 Å². The van der Waals surface area contributed by atoms with Gasteiger partial charge in [-0.15, -0.1) is 0 Å². The van der Waals surface area contributed by atoms with Gasteiger partial charge in [-0.2, -0.15) is 5.10 Å². The van der Waals surface area contributed by atoms with E-state index in [4.69, 9.17) is 9.84 Å². The highest BCUT2D eigenvalue weighted by molar-refractivity contribution is 5.71. The zero-order valence-corrected chi connectivity index (χ0v) is 12.7. The number of halogens is 1. The molecule has 0 amide bonds. The monoisotopic (exact) mass is 318 g/mol. The van der Waals surface area contributed by atoms with Crippen LogP contribution in [0, 0.1) is 11.7 Å². The van der Waals surface area contributed by atoms with E-state index in [9.17, 15) is 9.18 Å². The number of aliphatic carboxylic acids is 1. The molecule has 0 saturated carbocycles. The Morgan fingerprint density at radius 1 is 1.35 bits per heavy atom. The van der Waals surface area contributed by atoms with Crippen molar-refractivity contribution in [3.8, 4) is 11.3 Å². The lowest BCUT2D eigenvalue weighted by molar-refractivity contribution is -0.136. The Hall–Kier alpha value is -2.21. The third-order valence-corrected chi connectivity index (χ3v) is 4.09. The maximum absolute atomic E-state index is 14.0. The molecule has 5 nitrogen and oxygen atoms in total. The van der Waals surface area contributed by atoms with Crippen LogP contribution in [0.3, 0.4) is 0 Å². The molecule has 1 fully saturated rings. The van der Waals surface area contributed by atoms with Gasteiger partial charge in [-0.25, -0.2) is 4.39 Å². The first-order chi connectivity index (χ1) is 11.1. The largest absolute Gasteiger partial charge is 0.481 e. The van der Waals surface area contributed by atoms with E-state index in [0.29, 0.717) is 22.7 Å². The van der Waals surface area contributed by atoms with E-state index in [1.165, 1.54) is 12.1 Å². The maximum atomic E-state index is 14.0. The van der Waals surface area contributed by atoms with Crippen LogP contribution in [0.1, 0.15) is 18.4 Å². The fraction of sp³-hybridized carbons (Fsp3) is 0.412. The zero-order valence-electron chi connectivity index (χ0n) is 12.7. The van der Waals surface area contributed by atoms with Crippen LogP contribution in [0.4, 0.5) is 4.39 Å². The van der Waals surface area contributed by atoms with Crippen molar-refractivity contribution < 1.29 is 19.0 Å². The van der Waals surface area contributed by atoms with Gasteiger partial charge in [0.2, 0.25) is 0 Å². The molecule has 0 aliphatic carbocycles. The van der Waals surface area contributed by atoms with Gasteiger partial charge in [-0.1, -0.05) is 6.07 Å². The van der Waals surface area contributed by atoms with Crippen molar-refractivity contribution in [1.29, 1.82) is 0 Å². The average Bonchev–Trinajstić information content (AvgIpc) is 2.98. The lowest BCUT2D eigenvalue weighted by Crippen LogP contribution is -2.20. The van der Waals surface area contributed by atoms with E-state index in [1.54, 1.807) is 12.1 Å². The smallest absolute Gasteiger partial charge is 0.307 e. The number of hydrogen-bond donors (Lipinski definition) is 1. The lowest BCUT2D eigenvalue weighted by atomic mass is 10.0. The van der Waals surface area contributed by atoms with Crippen LogP contribution in [0.25, 0.3) is 11.3 Å². The van der Waals surface area contributed by atoms with Crippen molar-refractivity contribution in [3.05, 3.63) is 41.8 Å². The van der Waals surface area contributed by atoms with Crippen LogP contribution in [-0.2, 0) is 22.5 Å². The van der Waals surface area contributed by atoms with Crippen molar-refractivity contribution >= 4 is 5.97 Å². The number of aromatic nitrogens is 2. The van der Waals surface area contributed by atoms with Crippen molar-refractivity contribution in [2.75, 3.05) is 13.2 Å². The summed E-state index contributed by atoms with van der Waals surface area (Å²) >= 11 is 0. The second-order valence-electron chi connectivity index (χ2n) is 5.86. The molecule has 23 heavy (non-hydrogen) atoms. The summed E-state index contributed by atoms with van der Waals surface area (Å²) in [4.78, 5) is 10.8. The van der Waals surface area contributed by atoms with Gasteiger partial charge in [-0.05, 0) is 42.5 Å². The molecule has 1 aromatic heterocycles. The summed E-state index contributed by atoms with van der Waals surface area (Å²) in [6, 6.07) is 6.12. The van der Waals surface area contributed by atoms with Gasteiger partial charge in [0.05, 0.1) is 12.1 Å². The van der Waals surface area contributed by atoms with E-state index in [2.05, 4.69) is 5.10 Å². The molecule has 6 heteroatoms. The van der Waals surface area contributed by atoms with E-state index < -0.39 is 11.8 Å². The molecule has 1 aliphatic rings. The third kappa shape index (κ3) is 3.96. The number of carboxylic acid groups (broad SMARTS) is 1. The number of ether oxygens (including phenoxy) is 1. The topological polar surface area (TPSA) is 64.3 Å². The molecule has 1 N–H and O–H groups in total. The highest BCUT2D eigenvalue weighted by Gasteiger charge is 2.16. The van der Waals surface area contributed by atoms with Crippen LogP contribution >= 0.6 is 0 Å². The van der Waals surface area contributed by atoms with E-state index >= 15 is 0 Å². The van der Waals surface area contributed by atoms with Crippen molar-refractivity contribution in [3.63, 3.8) is 0 Å². The lowest BCUT2D eigenvalue weighted by Gasteiger charge is -2.21. The van der Waals surface area contributed by atoms with Crippen molar-refractivity contribution in [1.82, 2.24) is 9.78 Å². The third-order valence-electron chi connectivity index (χ3n) is 4.09. The van der Waals surface area contributed by atoms with Crippen LogP contribution in [0.15, 0.2) is 30.5 Å². The van der Waals surface area contributed by atoms with Gasteiger partial charge in [0.15, 0.2) is 0 Å². The molecular weight excluding hydrogens is 299 g/mol. The molecule has 3 rings (SSSR count). The molecule has 2 heterocycles. The van der Waals surface area contributed by atoms with E-state index in [-0.39, 0.29) is 6.42 Å². The van der Waals surface area contributed by atoms with Crippen LogP contribution in [0.5, 0.6) is 0 Å². The highest BCUT2D eigenvalue weighted by Crippen LogP contribution is 2.24. The predicted octanol–water partition coefficient (Wildman–Crippen LogP) is 2.74. The Morgan fingerprint density at radius 3 is 2.87 bits per heavy atom. The Kier molecular flexibility index (Phi) is 4.71. The maximum Gasteiger partial charge on any atom is 0.307 e. The van der Waals surface area contributed by atoms with Crippen molar-refractivity contribution in [2.45, 2.75) is 25.8 Å². The standard InChI is InChI=1S/C17H19FN2O3/c18-15-2-1-13(10-17(21)22)9-14(15)16-3-6-20(19-16)11-12-4-7-23-8-5-12/h1-3,6,9,12H,4-5,7-8,10-11H2,(H,21,22). The van der Waals surface area contributed by atoms with Gasteiger partial charge >= 0.3 is 5.97 Å². The fourth-order valence-corrected chi connectivity index (χ4v) is 2.85. The minimum atomic E-state index is -0.937. The van der Waals surface area contributed by atoms with E-state index in [0.717, 1.165) is 32.6 Å². The Morgan fingerprint density at radius 2 is 2.13 bits per heavy atom. The molecular formula is C17H19FN2O3. The predicted molar refractivity (Wildman–Crippen MR) is 82.5 cm³/mol. The molecule has 2 aromatic rings. The number of carboxylic acids is 1. The van der Waals surface area contributed by atoms with Gasteiger partial charge < -0.3 is 9.84 Å². The summed E-state index contributed by atoms with van der Waals surface area (Å²) in [7, 11) is 0. The van der Waals surface area contributed by atoms with Gasteiger partial charge in [0.25, 0.3) is 0 Å². The summed E-state index contributed by atoms with van der Waals surface area (Å²) in [6.07, 6.45) is 3.74. The average molecular weight is 318 g/mol. The molecule has 1 aromatic carbocycles. The second kappa shape index (κ2) is 6.91. The SMILES string of the molecule is O=C(O)Cc1ccc(F)c(-c2ccn(CC3CCOCC3)n2)c1. The van der Waals surface area contributed by atoms with Gasteiger partial charge in [0, 0.05) is 31.5 Å². The molecule has 0 bridgehead atoms. The Bertz CT molecular complexity index is 693. The molecule has 0 unspecified atom stereocenters. The zero-order chi connectivity index (χ0) is 16.2. The first-order valence-electron chi connectivity index (χ1n) is 7.73. The fourth-order valence-electron chi connectivity index (χ4n) is 2.85. The first-order valence-corrected chi connectivity index (χ1v) is 7.73. The first kappa shape index (κ1) is 15.7. The summed E-state index contributed by atoms with van der Waals surface area (Å²) in [6.45, 7) is 2.36. The summed E-state index contributed by atoms with van der Waals surface area (Å²) in [5, 5.41) is 13.3. The number of carbonyl (C=O) groups is 1. The molecule has 1 aliphatic heterocycles. The minimum absolute atomic E-state index is 0.129. The quantitative estimate of drug-likeness (QED) is 0.920. The molecule has 1 saturated heterocycles. The Balaban J connectivity index is 1.77. The molecule has 0 atom stereocenters. The van der Waals surface area contributed by atoms with Crippen molar-refractivity contribution in [2.24, 2.45) is 5.92 Å². The summed E-state index contributed by atoms with van der Waals surface area (Å²) < 4.78 is 21.2. The van der Waals surface area contributed by atoms with Crippen LogP contribution in [-0.4, -0.2) is 34.1 Å². The number of nitrogens with zero attached hydrogens (tertiary/aromatic N) is 2. The summed E-state index contributed by atoms with van der Waals surface area (Å²) in [5.41, 5.74) is 1.43. The minimum Gasteiger partial charge on any atom is -0.481 e. The van der Waals surface area contributed by atoms with Crippen LogP contribution < -0.4 is 0 Å². The van der Waals surface area contributed by atoms with Crippen LogP contribution in [0.2, 0.25) is 0 Å². The van der Waals surface area contributed by atoms with E-state index in [1.807, 2.05) is 10.9 Å². The number of hydrogen-bond acceptors (Lipinski definition) is 3. The number of benzene rings is 1. The normalized spacial score (nSPS) is 15.7. The second-order valence-corrected chi connectivity index (χ2v) is 5.86. The highest BCUT2D eigenvalue weighted by atomic mass is 19.1. The van der Waals surface area contributed by atoms with Gasteiger partial charge in [0.1, 0.15) is 5.82 Å².